The van der Waals surface area contributed by atoms with Crippen LogP contribution >= 0.6 is 0 Å². The van der Waals surface area contributed by atoms with Gasteiger partial charge in [-0.2, -0.15) is 0 Å². The molecule has 19 heavy (non-hydrogen) atoms. The van der Waals surface area contributed by atoms with Gasteiger partial charge in [-0.15, -0.1) is 0 Å². The van der Waals surface area contributed by atoms with Crippen LogP contribution in [-0.2, 0) is 0 Å². The summed E-state index contributed by atoms with van der Waals surface area (Å²) in [5, 5.41) is 13.6. The van der Waals surface area contributed by atoms with Gasteiger partial charge in [0.25, 0.3) is 0 Å². The van der Waals surface area contributed by atoms with Crippen LogP contribution in [0.5, 0.6) is 5.75 Å². The summed E-state index contributed by atoms with van der Waals surface area (Å²) in [7, 11) is 0. The zero-order chi connectivity index (χ0) is 13.4. The maximum Gasteiger partial charge on any atom is 0.126 e. The molecule has 2 bridgehead atoms. The number of likely N-dealkylation sites (tertiary alicyclic amines) is 1. The van der Waals surface area contributed by atoms with Gasteiger partial charge < -0.3 is 10.4 Å². The van der Waals surface area contributed by atoms with Crippen molar-refractivity contribution >= 4 is 0 Å². The Bertz CT molecular complexity index is 465. The molecular formula is C15H21FN2O. The first kappa shape index (κ1) is 12.9. The van der Waals surface area contributed by atoms with Crippen molar-refractivity contribution in [2.45, 2.75) is 44.3 Å². The first-order chi connectivity index (χ1) is 9.13. The molecule has 1 aromatic rings. The third kappa shape index (κ3) is 2.60. The monoisotopic (exact) mass is 264 g/mol. The maximum absolute atomic E-state index is 13.1. The van der Waals surface area contributed by atoms with Crippen LogP contribution in [0.15, 0.2) is 18.2 Å². The fourth-order valence-corrected chi connectivity index (χ4v) is 3.39. The zero-order valence-corrected chi connectivity index (χ0v) is 11.3. The summed E-state index contributed by atoms with van der Waals surface area (Å²) >= 11 is 0. The van der Waals surface area contributed by atoms with Gasteiger partial charge in [0.1, 0.15) is 11.6 Å². The van der Waals surface area contributed by atoms with Crippen LogP contribution in [0.2, 0.25) is 0 Å². The third-order valence-corrected chi connectivity index (χ3v) is 4.54. The highest BCUT2D eigenvalue weighted by Crippen LogP contribution is 2.31. The number of hydrogen-bond acceptors (Lipinski definition) is 3. The van der Waals surface area contributed by atoms with Crippen molar-refractivity contribution in [3.8, 4) is 5.75 Å². The van der Waals surface area contributed by atoms with Crippen molar-refractivity contribution in [1.82, 2.24) is 10.2 Å². The summed E-state index contributed by atoms with van der Waals surface area (Å²) in [6.07, 6.45) is 3.68. The molecule has 2 fully saturated rings. The molecule has 104 valence electrons. The fraction of sp³-hybridized carbons (Fsp3) is 0.600. The Morgan fingerprint density at radius 1 is 1.32 bits per heavy atom. The number of phenolic OH excluding ortho intramolecular Hbond substituents is 1. The maximum atomic E-state index is 13.1. The topological polar surface area (TPSA) is 35.5 Å². The minimum absolute atomic E-state index is 0.0647. The van der Waals surface area contributed by atoms with Crippen molar-refractivity contribution < 1.29 is 9.50 Å². The molecule has 4 heteroatoms. The van der Waals surface area contributed by atoms with Crippen LogP contribution in [0.1, 0.15) is 37.8 Å². The van der Waals surface area contributed by atoms with Gasteiger partial charge >= 0.3 is 0 Å². The lowest BCUT2D eigenvalue weighted by atomic mass is 10.0. The Hall–Kier alpha value is -1.13. The van der Waals surface area contributed by atoms with Crippen molar-refractivity contribution in [2.24, 2.45) is 0 Å². The lowest BCUT2D eigenvalue weighted by molar-refractivity contribution is 0.196. The van der Waals surface area contributed by atoms with E-state index in [0.717, 1.165) is 25.1 Å². The summed E-state index contributed by atoms with van der Waals surface area (Å²) in [4.78, 5) is 2.39. The summed E-state index contributed by atoms with van der Waals surface area (Å²) < 4.78 is 13.1. The lowest BCUT2D eigenvalue weighted by Crippen LogP contribution is -2.36. The molecule has 0 amide bonds. The van der Waals surface area contributed by atoms with Crippen molar-refractivity contribution in [2.75, 3.05) is 13.1 Å². The summed E-state index contributed by atoms with van der Waals surface area (Å²) in [5.74, 6) is -0.320. The SMILES string of the molecule is CC(c1ccc(F)cc1O)N1CCC2CCC(C1)N2. The summed E-state index contributed by atoms with van der Waals surface area (Å²) in [5.41, 5.74) is 0.819. The number of nitrogens with zero attached hydrogens (tertiary/aromatic N) is 1. The molecule has 3 rings (SSSR count). The molecule has 2 aliphatic rings. The van der Waals surface area contributed by atoms with Gasteiger partial charge in [0.15, 0.2) is 0 Å². The van der Waals surface area contributed by atoms with Gasteiger partial charge in [0.05, 0.1) is 0 Å². The largest absolute Gasteiger partial charge is 0.508 e. The number of aromatic hydroxyl groups is 1. The van der Waals surface area contributed by atoms with Gasteiger partial charge in [-0.05, 0) is 32.3 Å². The van der Waals surface area contributed by atoms with E-state index in [1.807, 2.05) is 0 Å². The minimum Gasteiger partial charge on any atom is -0.508 e. The predicted molar refractivity (Wildman–Crippen MR) is 72.6 cm³/mol. The Labute approximate surface area is 113 Å². The van der Waals surface area contributed by atoms with Gasteiger partial charge in [-0.25, -0.2) is 4.39 Å². The highest BCUT2D eigenvalue weighted by Gasteiger charge is 2.31. The van der Waals surface area contributed by atoms with E-state index in [9.17, 15) is 9.50 Å². The molecule has 3 atom stereocenters. The van der Waals surface area contributed by atoms with Crippen molar-refractivity contribution in [1.29, 1.82) is 0 Å². The average molecular weight is 264 g/mol. The van der Waals surface area contributed by atoms with Gasteiger partial charge in [-0.3, -0.25) is 4.90 Å². The van der Waals surface area contributed by atoms with Crippen LogP contribution in [0.3, 0.4) is 0 Å². The number of rotatable bonds is 2. The number of phenols is 1. The molecular weight excluding hydrogens is 243 g/mol. The molecule has 3 nitrogen and oxygen atoms in total. The molecule has 2 saturated heterocycles. The zero-order valence-electron chi connectivity index (χ0n) is 11.3. The van der Waals surface area contributed by atoms with E-state index in [0.29, 0.717) is 12.1 Å². The average Bonchev–Trinajstić information content (AvgIpc) is 2.68. The highest BCUT2D eigenvalue weighted by molar-refractivity contribution is 5.35. The molecule has 1 aromatic carbocycles. The Balaban J connectivity index is 1.77. The summed E-state index contributed by atoms with van der Waals surface area (Å²) in [6.45, 7) is 4.13. The molecule has 0 radical (unpaired) electrons. The molecule has 3 unspecified atom stereocenters. The first-order valence-corrected chi connectivity index (χ1v) is 7.12. The van der Waals surface area contributed by atoms with E-state index in [1.54, 1.807) is 6.07 Å². The smallest absolute Gasteiger partial charge is 0.126 e. The normalized spacial score (nSPS) is 29.2. The number of benzene rings is 1. The van der Waals surface area contributed by atoms with E-state index >= 15 is 0 Å². The number of fused-ring (bicyclic) bond motifs is 2. The van der Waals surface area contributed by atoms with Crippen LogP contribution in [0.4, 0.5) is 4.39 Å². The second kappa shape index (κ2) is 5.10. The second-order valence-corrected chi connectivity index (χ2v) is 5.80. The van der Waals surface area contributed by atoms with E-state index in [-0.39, 0.29) is 17.6 Å². The van der Waals surface area contributed by atoms with Crippen molar-refractivity contribution in [3.05, 3.63) is 29.6 Å². The van der Waals surface area contributed by atoms with Crippen LogP contribution < -0.4 is 5.32 Å². The standard InChI is InChI=1S/C15H21FN2O/c1-10(14-5-2-11(16)8-15(14)19)18-7-6-12-3-4-13(9-18)17-12/h2,5,8,10,12-13,17,19H,3-4,6-7,9H2,1H3. The second-order valence-electron chi connectivity index (χ2n) is 5.80. The van der Waals surface area contributed by atoms with Crippen molar-refractivity contribution in [3.63, 3.8) is 0 Å². The Morgan fingerprint density at radius 3 is 2.89 bits per heavy atom. The summed E-state index contributed by atoms with van der Waals surface area (Å²) in [6, 6.07) is 5.68. The third-order valence-electron chi connectivity index (χ3n) is 4.54. The molecule has 0 saturated carbocycles. The molecule has 0 aliphatic carbocycles. The van der Waals surface area contributed by atoms with Crippen LogP contribution in [0, 0.1) is 5.82 Å². The van der Waals surface area contributed by atoms with Gasteiger partial charge in [-0.1, -0.05) is 6.07 Å². The number of nitrogens with one attached hydrogen (secondary N) is 1. The van der Waals surface area contributed by atoms with Crippen LogP contribution in [0.25, 0.3) is 0 Å². The van der Waals surface area contributed by atoms with E-state index in [1.165, 1.54) is 25.0 Å². The molecule has 2 N–H and O–H groups in total. The molecule has 0 aromatic heterocycles. The number of halogens is 1. The van der Waals surface area contributed by atoms with E-state index in [2.05, 4.69) is 17.1 Å². The Morgan fingerprint density at radius 2 is 2.11 bits per heavy atom. The Kier molecular flexibility index (Phi) is 3.46. The fourth-order valence-electron chi connectivity index (χ4n) is 3.39. The minimum atomic E-state index is -0.384. The quantitative estimate of drug-likeness (QED) is 0.861. The van der Waals surface area contributed by atoms with E-state index in [4.69, 9.17) is 0 Å². The van der Waals surface area contributed by atoms with Gasteiger partial charge in [0.2, 0.25) is 0 Å². The lowest BCUT2D eigenvalue weighted by Gasteiger charge is -2.31. The molecule has 0 spiro atoms. The predicted octanol–water partition coefficient (Wildman–Crippen LogP) is 2.42. The van der Waals surface area contributed by atoms with Crippen LogP contribution in [-0.4, -0.2) is 35.2 Å². The molecule has 2 aliphatic heterocycles. The highest BCUT2D eigenvalue weighted by atomic mass is 19.1. The molecule has 2 heterocycles. The number of hydrogen-bond donors (Lipinski definition) is 2. The first-order valence-electron chi connectivity index (χ1n) is 7.12. The van der Waals surface area contributed by atoms with Gasteiger partial charge in [0, 0.05) is 42.8 Å². The van der Waals surface area contributed by atoms with E-state index < -0.39 is 0 Å².